The Hall–Kier alpha value is -2.59. The number of para-hydroxylation sites is 1. The normalized spacial score (nSPS) is 16.5. The summed E-state index contributed by atoms with van der Waals surface area (Å²) in [6.07, 6.45) is 13.0. The Balaban J connectivity index is 1.91. The molecule has 1 aromatic carbocycles. The molecule has 168 valence electrons. The van der Waals surface area contributed by atoms with Crippen LogP contribution in [0.3, 0.4) is 0 Å². The maximum Gasteiger partial charge on any atom is 0.161 e. The van der Waals surface area contributed by atoms with Crippen molar-refractivity contribution in [1.82, 2.24) is 9.80 Å². The quantitative estimate of drug-likeness (QED) is 0.338. The third-order valence-electron chi connectivity index (χ3n) is 6.00. The highest BCUT2D eigenvalue weighted by Crippen LogP contribution is 2.33. The molecule has 0 N–H and O–H groups in total. The van der Waals surface area contributed by atoms with E-state index < -0.39 is 0 Å². The molecular formula is C27H38N2O2. The van der Waals surface area contributed by atoms with Gasteiger partial charge in [0.2, 0.25) is 0 Å². The number of hydrogen-bond acceptors (Lipinski definition) is 4. The Morgan fingerprint density at radius 1 is 1.26 bits per heavy atom. The summed E-state index contributed by atoms with van der Waals surface area (Å²) in [6.45, 7) is 13.5. The monoisotopic (exact) mass is 422 g/mol. The SMILES string of the molecule is C=C/C=C/N(/C=C(C(C)=O)\C(C)=C\C)CCCN1CCC(c2ccccc2OC)CC1. The highest BCUT2D eigenvalue weighted by molar-refractivity contribution is 5.97. The van der Waals surface area contributed by atoms with Crippen molar-refractivity contribution in [3.63, 3.8) is 0 Å². The van der Waals surface area contributed by atoms with E-state index in [-0.39, 0.29) is 5.78 Å². The number of carbonyl (C=O) groups excluding carboxylic acids is 1. The van der Waals surface area contributed by atoms with Gasteiger partial charge in [0.1, 0.15) is 5.75 Å². The summed E-state index contributed by atoms with van der Waals surface area (Å²) in [6, 6.07) is 8.40. The number of likely N-dealkylation sites (tertiary alicyclic amines) is 1. The molecular weight excluding hydrogens is 384 g/mol. The molecule has 0 aliphatic carbocycles. The van der Waals surface area contributed by atoms with Gasteiger partial charge in [-0.25, -0.2) is 0 Å². The predicted molar refractivity (Wildman–Crippen MR) is 130 cm³/mol. The number of methoxy groups -OCH3 is 1. The third-order valence-corrected chi connectivity index (χ3v) is 6.00. The van der Waals surface area contributed by atoms with Crippen LogP contribution in [0.4, 0.5) is 0 Å². The molecule has 1 heterocycles. The van der Waals surface area contributed by atoms with Crippen LogP contribution in [0.5, 0.6) is 5.75 Å². The fraction of sp³-hybridized carbons (Fsp3) is 0.444. The van der Waals surface area contributed by atoms with Gasteiger partial charge in [-0.05, 0) is 88.9 Å². The van der Waals surface area contributed by atoms with Crippen LogP contribution in [0.1, 0.15) is 51.5 Å². The lowest BCUT2D eigenvalue weighted by molar-refractivity contribution is -0.113. The largest absolute Gasteiger partial charge is 0.496 e. The third kappa shape index (κ3) is 7.55. The number of Topliss-reactive ketones (excluding diaryl/α,β-unsaturated/α-hetero) is 1. The molecule has 0 spiro atoms. The first-order valence-electron chi connectivity index (χ1n) is 11.3. The van der Waals surface area contributed by atoms with Crippen LogP contribution in [-0.4, -0.2) is 48.9 Å². The number of nitrogens with zero attached hydrogens (tertiary/aromatic N) is 2. The van der Waals surface area contributed by atoms with Crippen LogP contribution in [0.25, 0.3) is 0 Å². The van der Waals surface area contributed by atoms with Gasteiger partial charge in [-0.1, -0.05) is 36.9 Å². The minimum Gasteiger partial charge on any atom is -0.496 e. The molecule has 1 saturated heterocycles. The van der Waals surface area contributed by atoms with Gasteiger partial charge in [0.25, 0.3) is 0 Å². The summed E-state index contributed by atoms with van der Waals surface area (Å²) in [5.41, 5.74) is 3.10. The molecule has 1 fully saturated rings. The minimum absolute atomic E-state index is 0.0889. The number of carbonyl (C=O) groups is 1. The van der Waals surface area contributed by atoms with E-state index in [0.29, 0.717) is 5.92 Å². The summed E-state index contributed by atoms with van der Waals surface area (Å²) in [7, 11) is 1.75. The molecule has 2 rings (SSSR count). The van der Waals surface area contributed by atoms with Crippen molar-refractivity contribution in [1.29, 1.82) is 0 Å². The smallest absolute Gasteiger partial charge is 0.161 e. The average molecular weight is 423 g/mol. The number of ketones is 1. The minimum atomic E-state index is 0.0889. The fourth-order valence-corrected chi connectivity index (χ4v) is 4.09. The molecule has 4 nitrogen and oxygen atoms in total. The second-order valence-corrected chi connectivity index (χ2v) is 8.10. The summed E-state index contributed by atoms with van der Waals surface area (Å²) in [4.78, 5) is 16.7. The van der Waals surface area contributed by atoms with Crippen molar-refractivity contribution >= 4 is 5.78 Å². The Bertz CT molecular complexity index is 814. The van der Waals surface area contributed by atoms with E-state index in [1.807, 2.05) is 44.5 Å². The van der Waals surface area contributed by atoms with E-state index >= 15 is 0 Å². The predicted octanol–water partition coefficient (Wildman–Crippen LogP) is 5.71. The molecule has 1 aliphatic heterocycles. The van der Waals surface area contributed by atoms with E-state index in [2.05, 4.69) is 34.6 Å². The second kappa shape index (κ2) is 13.0. The van der Waals surface area contributed by atoms with Crippen molar-refractivity contribution in [2.45, 2.75) is 46.0 Å². The molecule has 0 saturated carbocycles. The van der Waals surface area contributed by atoms with Crippen LogP contribution in [-0.2, 0) is 4.79 Å². The number of rotatable bonds is 11. The molecule has 1 aromatic rings. The van der Waals surface area contributed by atoms with E-state index in [4.69, 9.17) is 4.74 Å². The van der Waals surface area contributed by atoms with Gasteiger partial charge < -0.3 is 14.5 Å². The second-order valence-electron chi connectivity index (χ2n) is 8.10. The van der Waals surface area contributed by atoms with Crippen LogP contribution in [0.2, 0.25) is 0 Å². The molecule has 0 aromatic heterocycles. The molecule has 1 aliphatic rings. The summed E-state index contributed by atoms with van der Waals surface area (Å²) in [5.74, 6) is 1.67. The zero-order valence-electron chi connectivity index (χ0n) is 19.6. The maximum atomic E-state index is 12.1. The van der Waals surface area contributed by atoms with Crippen molar-refractivity contribution in [2.24, 2.45) is 0 Å². The standard InChI is InChI=1S/C27H38N2O2/c1-6-8-16-29(21-26(23(4)30)22(3)7-2)18-11-17-28-19-14-24(15-20-28)25-12-9-10-13-27(25)31-5/h6-10,12-13,16,21,24H,1,11,14-15,17-20H2,2-5H3/b16-8+,22-7+,26-21+. The first-order chi connectivity index (χ1) is 15.0. The average Bonchev–Trinajstić information content (AvgIpc) is 2.80. The zero-order valence-corrected chi connectivity index (χ0v) is 19.6. The first kappa shape index (κ1) is 24.7. The van der Waals surface area contributed by atoms with E-state index in [0.717, 1.165) is 62.3 Å². The number of piperidine rings is 1. The zero-order chi connectivity index (χ0) is 22.6. The molecule has 0 amide bonds. The Morgan fingerprint density at radius 2 is 1.97 bits per heavy atom. The lowest BCUT2D eigenvalue weighted by Gasteiger charge is -2.33. The summed E-state index contributed by atoms with van der Waals surface area (Å²) in [5, 5.41) is 0. The van der Waals surface area contributed by atoms with Gasteiger partial charge in [0.15, 0.2) is 5.78 Å². The fourth-order valence-electron chi connectivity index (χ4n) is 4.09. The lowest BCUT2D eigenvalue weighted by Crippen LogP contribution is -2.34. The van der Waals surface area contributed by atoms with Crippen LogP contribution < -0.4 is 4.74 Å². The number of benzene rings is 1. The van der Waals surface area contributed by atoms with E-state index in [1.54, 1.807) is 20.1 Å². The summed E-state index contributed by atoms with van der Waals surface area (Å²) >= 11 is 0. The van der Waals surface area contributed by atoms with Gasteiger partial charge in [0, 0.05) is 24.5 Å². The van der Waals surface area contributed by atoms with Crippen molar-refractivity contribution in [3.8, 4) is 5.75 Å². The summed E-state index contributed by atoms with van der Waals surface area (Å²) < 4.78 is 5.56. The van der Waals surface area contributed by atoms with Gasteiger partial charge in [-0.15, -0.1) is 0 Å². The van der Waals surface area contributed by atoms with Gasteiger partial charge in [-0.2, -0.15) is 0 Å². The Labute approximate surface area is 188 Å². The lowest BCUT2D eigenvalue weighted by atomic mass is 9.89. The molecule has 31 heavy (non-hydrogen) atoms. The van der Waals surface area contributed by atoms with Crippen molar-refractivity contribution in [2.75, 3.05) is 33.3 Å². The Kier molecular flexibility index (Phi) is 10.3. The van der Waals surface area contributed by atoms with Crippen molar-refractivity contribution in [3.05, 3.63) is 78.2 Å². The van der Waals surface area contributed by atoms with E-state index in [1.165, 1.54) is 5.56 Å². The van der Waals surface area contributed by atoms with Gasteiger partial charge in [0.05, 0.1) is 7.11 Å². The van der Waals surface area contributed by atoms with Gasteiger partial charge >= 0.3 is 0 Å². The van der Waals surface area contributed by atoms with Crippen LogP contribution in [0, 0.1) is 0 Å². The number of allylic oxidation sites excluding steroid dienone is 5. The number of ether oxygens (including phenoxy) is 1. The van der Waals surface area contributed by atoms with Crippen LogP contribution >= 0.6 is 0 Å². The molecule has 0 atom stereocenters. The van der Waals surface area contributed by atoms with Crippen LogP contribution in [0.15, 0.2) is 72.6 Å². The molecule has 0 radical (unpaired) electrons. The topological polar surface area (TPSA) is 32.8 Å². The van der Waals surface area contributed by atoms with E-state index in [9.17, 15) is 4.79 Å². The molecule has 4 heteroatoms. The first-order valence-corrected chi connectivity index (χ1v) is 11.3. The maximum absolute atomic E-state index is 12.1. The molecule has 0 bridgehead atoms. The highest BCUT2D eigenvalue weighted by Gasteiger charge is 2.22. The number of hydrogen-bond donors (Lipinski definition) is 0. The molecule has 0 unspecified atom stereocenters. The van der Waals surface area contributed by atoms with Gasteiger partial charge in [-0.3, -0.25) is 4.79 Å². The highest BCUT2D eigenvalue weighted by atomic mass is 16.5. The van der Waals surface area contributed by atoms with Crippen molar-refractivity contribution < 1.29 is 9.53 Å². The Morgan fingerprint density at radius 3 is 2.58 bits per heavy atom.